The molecule has 0 bridgehead atoms. The summed E-state index contributed by atoms with van der Waals surface area (Å²) in [6.07, 6.45) is 0. The van der Waals surface area contributed by atoms with Crippen LogP contribution in [0.1, 0.15) is 78.0 Å². The third-order valence-electron chi connectivity index (χ3n) is 3.41. The van der Waals surface area contributed by atoms with E-state index in [9.17, 15) is 0 Å². The van der Waals surface area contributed by atoms with Gasteiger partial charge in [0.2, 0.25) is 0 Å². The average Bonchev–Trinajstić information content (AvgIpc) is 2.13. The summed E-state index contributed by atoms with van der Waals surface area (Å²) in [5.41, 5.74) is 4.43. The van der Waals surface area contributed by atoms with Crippen LogP contribution in [-0.2, 0) is 10.8 Å². The predicted octanol–water partition coefficient (Wildman–Crippen LogP) is 5.69. The van der Waals surface area contributed by atoms with Crippen molar-refractivity contribution in [3.63, 3.8) is 0 Å². The Morgan fingerprint density at radius 1 is 0.833 bits per heavy atom. The standard InChI is InChI=1S/C17H28S/c1-11(2)12-9-13(16(3,4)5)15(18)14(10-12)17(6,7)8/h9-11,18H,1-8H3. The van der Waals surface area contributed by atoms with Crippen molar-refractivity contribution >= 4 is 12.6 Å². The van der Waals surface area contributed by atoms with E-state index in [1.54, 1.807) is 0 Å². The maximum atomic E-state index is 4.81. The van der Waals surface area contributed by atoms with Gasteiger partial charge in [-0.3, -0.25) is 0 Å². The Bertz CT molecular complexity index is 393. The van der Waals surface area contributed by atoms with Gasteiger partial charge in [-0.2, -0.15) is 0 Å². The zero-order valence-corrected chi connectivity index (χ0v) is 14.1. The van der Waals surface area contributed by atoms with E-state index in [0.29, 0.717) is 5.92 Å². The van der Waals surface area contributed by atoms with E-state index in [4.69, 9.17) is 12.6 Å². The molecular formula is C17H28S. The smallest absolute Gasteiger partial charge is 0.0115 e. The number of hydrogen-bond acceptors (Lipinski definition) is 1. The molecule has 0 spiro atoms. The molecule has 0 radical (unpaired) electrons. The van der Waals surface area contributed by atoms with Gasteiger partial charge in [0, 0.05) is 4.90 Å². The lowest BCUT2D eigenvalue weighted by atomic mass is 9.78. The van der Waals surface area contributed by atoms with Gasteiger partial charge >= 0.3 is 0 Å². The van der Waals surface area contributed by atoms with Crippen molar-refractivity contribution in [1.82, 2.24) is 0 Å². The SMILES string of the molecule is CC(C)c1cc(C(C)(C)C)c(S)c(C(C)(C)C)c1. The predicted molar refractivity (Wildman–Crippen MR) is 85.2 cm³/mol. The summed E-state index contributed by atoms with van der Waals surface area (Å²) in [7, 11) is 0. The van der Waals surface area contributed by atoms with Crippen LogP contribution < -0.4 is 0 Å². The van der Waals surface area contributed by atoms with Crippen LogP contribution in [0.3, 0.4) is 0 Å². The highest BCUT2D eigenvalue weighted by Gasteiger charge is 2.25. The largest absolute Gasteiger partial charge is 0.143 e. The molecule has 1 heteroatoms. The number of hydrogen-bond donors (Lipinski definition) is 1. The van der Waals surface area contributed by atoms with Crippen LogP contribution in [0, 0.1) is 0 Å². The van der Waals surface area contributed by atoms with Gasteiger partial charge in [-0.25, -0.2) is 0 Å². The molecule has 0 fully saturated rings. The van der Waals surface area contributed by atoms with Gasteiger partial charge in [0.05, 0.1) is 0 Å². The molecule has 0 atom stereocenters. The van der Waals surface area contributed by atoms with E-state index in [1.165, 1.54) is 21.6 Å². The van der Waals surface area contributed by atoms with E-state index in [0.717, 1.165) is 0 Å². The summed E-state index contributed by atoms with van der Waals surface area (Å²) in [5.74, 6) is 0.557. The van der Waals surface area contributed by atoms with E-state index in [1.807, 2.05) is 0 Å². The van der Waals surface area contributed by atoms with Gasteiger partial charge in [0.1, 0.15) is 0 Å². The Morgan fingerprint density at radius 3 is 1.39 bits per heavy atom. The summed E-state index contributed by atoms with van der Waals surface area (Å²) in [6.45, 7) is 18.1. The molecule has 102 valence electrons. The Morgan fingerprint density at radius 2 is 1.17 bits per heavy atom. The summed E-state index contributed by atoms with van der Waals surface area (Å²) < 4.78 is 0. The lowest BCUT2D eigenvalue weighted by Gasteiger charge is -2.29. The Hall–Kier alpha value is -0.430. The summed E-state index contributed by atoms with van der Waals surface area (Å²) in [5, 5.41) is 0. The monoisotopic (exact) mass is 264 g/mol. The first kappa shape index (κ1) is 15.6. The fourth-order valence-corrected chi connectivity index (χ4v) is 2.93. The van der Waals surface area contributed by atoms with Crippen molar-refractivity contribution in [2.24, 2.45) is 0 Å². The molecule has 18 heavy (non-hydrogen) atoms. The van der Waals surface area contributed by atoms with Crippen LogP contribution in [0.2, 0.25) is 0 Å². The Kier molecular flexibility index (Phi) is 4.27. The number of thiol groups is 1. The third kappa shape index (κ3) is 3.32. The van der Waals surface area contributed by atoms with Gasteiger partial charge in [0.25, 0.3) is 0 Å². The summed E-state index contributed by atoms with van der Waals surface area (Å²) in [4.78, 5) is 1.17. The molecule has 0 nitrogen and oxygen atoms in total. The fraction of sp³-hybridized carbons (Fsp3) is 0.647. The van der Waals surface area contributed by atoms with Crippen LogP contribution in [-0.4, -0.2) is 0 Å². The van der Waals surface area contributed by atoms with Crippen molar-refractivity contribution in [1.29, 1.82) is 0 Å². The van der Waals surface area contributed by atoms with Crippen LogP contribution in [0.4, 0.5) is 0 Å². The normalized spacial score (nSPS) is 13.2. The molecule has 1 aromatic rings. The Balaban J connectivity index is 3.59. The summed E-state index contributed by atoms with van der Waals surface area (Å²) >= 11 is 4.81. The van der Waals surface area contributed by atoms with Crippen LogP contribution in [0.5, 0.6) is 0 Å². The van der Waals surface area contributed by atoms with E-state index >= 15 is 0 Å². The quantitative estimate of drug-likeness (QED) is 0.619. The van der Waals surface area contributed by atoms with E-state index in [2.05, 4.69) is 67.5 Å². The second-order valence-electron chi connectivity index (χ2n) is 7.62. The van der Waals surface area contributed by atoms with Crippen molar-refractivity contribution in [2.75, 3.05) is 0 Å². The highest BCUT2D eigenvalue weighted by Crippen LogP contribution is 2.38. The third-order valence-corrected chi connectivity index (χ3v) is 3.90. The second kappa shape index (κ2) is 4.92. The molecule has 0 aliphatic heterocycles. The maximum Gasteiger partial charge on any atom is 0.0115 e. The average molecular weight is 264 g/mol. The number of benzene rings is 1. The minimum Gasteiger partial charge on any atom is -0.143 e. The second-order valence-corrected chi connectivity index (χ2v) is 8.07. The first-order valence-corrected chi connectivity index (χ1v) is 7.27. The lowest BCUT2D eigenvalue weighted by molar-refractivity contribution is 0.544. The molecule has 0 saturated carbocycles. The van der Waals surface area contributed by atoms with Crippen molar-refractivity contribution in [3.8, 4) is 0 Å². The minimum absolute atomic E-state index is 0.141. The highest BCUT2D eigenvalue weighted by molar-refractivity contribution is 7.80. The van der Waals surface area contributed by atoms with E-state index < -0.39 is 0 Å². The zero-order valence-electron chi connectivity index (χ0n) is 13.2. The Labute approximate surface area is 119 Å². The van der Waals surface area contributed by atoms with E-state index in [-0.39, 0.29) is 10.8 Å². The molecule has 0 N–H and O–H groups in total. The molecule has 1 aromatic carbocycles. The molecule has 0 aromatic heterocycles. The zero-order chi connectivity index (χ0) is 14.3. The molecule has 0 saturated heterocycles. The molecule has 0 unspecified atom stereocenters. The maximum absolute atomic E-state index is 4.81. The van der Waals surface area contributed by atoms with Crippen LogP contribution in [0.15, 0.2) is 17.0 Å². The lowest BCUT2D eigenvalue weighted by Crippen LogP contribution is -2.19. The molecular weight excluding hydrogens is 236 g/mol. The van der Waals surface area contributed by atoms with Gasteiger partial charge in [-0.05, 0) is 33.4 Å². The van der Waals surface area contributed by atoms with Gasteiger partial charge < -0.3 is 0 Å². The first-order valence-electron chi connectivity index (χ1n) is 6.82. The van der Waals surface area contributed by atoms with Gasteiger partial charge in [-0.15, -0.1) is 12.6 Å². The van der Waals surface area contributed by atoms with Crippen molar-refractivity contribution < 1.29 is 0 Å². The number of rotatable bonds is 1. The molecule has 0 amide bonds. The van der Waals surface area contributed by atoms with Crippen molar-refractivity contribution in [2.45, 2.75) is 77.0 Å². The van der Waals surface area contributed by atoms with Gasteiger partial charge in [0.15, 0.2) is 0 Å². The van der Waals surface area contributed by atoms with Crippen molar-refractivity contribution in [3.05, 3.63) is 28.8 Å². The van der Waals surface area contributed by atoms with Crippen LogP contribution in [0.25, 0.3) is 0 Å². The topological polar surface area (TPSA) is 0 Å². The molecule has 1 rings (SSSR count). The van der Waals surface area contributed by atoms with Crippen LogP contribution >= 0.6 is 12.6 Å². The molecule has 0 heterocycles. The first-order chi connectivity index (χ1) is 7.94. The molecule has 0 aliphatic carbocycles. The molecule has 0 aliphatic rings. The fourth-order valence-electron chi connectivity index (χ4n) is 2.13. The summed E-state index contributed by atoms with van der Waals surface area (Å²) in [6, 6.07) is 4.67. The minimum atomic E-state index is 0.141. The van der Waals surface area contributed by atoms with Gasteiger partial charge in [-0.1, -0.05) is 67.5 Å². The highest BCUT2D eigenvalue weighted by atomic mass is 32.1.